The van der Waals surface area contributed by atoms with Crippen molar-refractivity contribution in [1.82, 2.24) is 0 Å². The lowest BCUT2D eigenvalue weighted by Crippen LogP contribution is -2.34. The number of hydrogen-bond donors (Lipinski definition) is 0. The van der Waals surface area contributed by atoms with Gasteiger partial charge in [0.1, 0.15) is 23.0 Å². The fraction of sp³-hybridized carbons (Fsp3) is 0.167. The van der Waals surface area contributed by atoms with Crippen molar-refractivity contribution in [2.75, 3.05) is 33.2 Å². The van der Waals surface area contributed by atoms with Crippen molar-refractivity contribution in [3.63, 3.8) is 0 Å². The van der Waals surface area contributed by atoms with Gasteiger partial charge < -0.3 is 14.4 Å². The van der Waals surface area contributed by atoms with E-state index in [1.165, 1.54) is 5.69 Å². The highest BCUT2D eigenvalue weighted by Crippen LogP contribution is 2.39. The molecule has 1 aromatic heterocycles. The van der Waals surface area contributed by atoms with Crippen LogP contribution in [0.5, 0.6) is 11.5 Å². The van der Waals surface area contributed by atoms with Gasteiger partial charge in [-0.3, -0.25) is 0 Å². The van der Waals surface area contributed by atoms with Gasteiger partial charge in [-0.05, 0) is 87.2 Å². The molecule has 0 saturated heterocycles. The van der Waals surface area contributed by atoms with Gasteiger partial charge in [0.2, 0.25) is 11.4 Å². The van der Waals surface area contributed by atoms with Crippen molar-refractivity contribution < 1.29 is 14.0 Å². The van der Waals surface area contributed by atoms with Crippen LogP contribution in [0.25, 0.3) is 34.5 Å². The van der Waals surface area contributed by atoms with Crippen molar-refractivity contribution in [2.24, 2.45) is 7.05 Å². The first-order valence-electron chi connectivity index (χ1n) is 11.5. The van der Waals surface area contributed by atoms with Crippen LogP contribution < -0.4 is 18.9 Å². The maximum absolute atomic E-state index is 5.61. The van der Waals surface area contributed by atoms with E-state index in [0.29, 0.717) is 0 Å². The van der Waals surface area contributed by atoms with Gasteiger partial charge in [0.05, 0.1) is 14.2 Å². The quantitative estimate of drug-likeness (QED) is 0.202. The Morgan fingerprint density at radius 1 is 0.722 bits per heavy atom. The van der Waals surface area contributed by atoms with Crippen LogP contribution in [-0.4, -0.2) is 28.3 Å². The Hall–Kier alpha value is -3.09. The lowest BCUT2D eigenvalue weighted by atomic mass is 10.0. The number of anilines is 1. The van der Waals surface area contributed by atoms with Crippen LogP contribution in [0.4, 0.5) is 5.69 Å². The Bertz CT molecular complexity index is 1370. The van der Waals surface area contributed by atoms with Gasteiger partial charge in [-0.15, -0.1) is 0 Å². The minimum absolute atomic E-state index is 0.723. The third-order valence-corrected chi connectivity index (χ3v) is 7.43. The van der Waals surface area contributed by atoms with Gasteiger partial charge in [0.15, 0.2) is 0 Å². The molecule has 0 aliphatic heterocycles. The zero-order chi connectivity index (χ0) is 25.8. The average molecular weight is 609 g/mol. The molecule has 0 unspecified atom stereocenters. The molecule has 1 heterocycles. The molecule has 0 aliphatic rings. The van der Waals surface area contributed by atoms with E-state index in [1.54, 1.807) is 14.2 Å². The van der Waals surface area contributed by atoms with Gasteiger partial charge in [-0.25, -0.2) is 0 Å². The summed E-state index contributed by atoms with van der Waals surface area (Å²) in [5.41, 5.74) is 7.70. The van der Waals surface area contributed by atoms with Crippen LogP contribution in [0.15, 0.2) is 81.7 Å². The summed E-state index contributed by atoms with van der Waals surface area (Å²) in [5, 5.41) is 0. The number of nitrogens with zero attached hydrogens (tertiary/aromatic N) is 2. The van der Waals surface area contributed by atoms with Gasteiger partial charge in [0.25, 0.3) is 0 Å². The topological polar surface area (TPSA) is 25.6 Å². The number of methoxy groups -OCH3 is 2. The van der Waals surface area contributed by atoms with E-state index >= 15 is 0 Å². The molecule has 0 fully saturated rings. The molecule has 0 amide bonds. The summed E-state index contributed by atoms with van der Waals surface area (Å²) in [7, 11) is 9.52. The molecule has 0 saturated carbocycles. The van der Waals surface area contributed by atoms with Crippen molar-refractivity contribution in [3.05, 3.63) is 93.0 Å². The number of pyridine rings is 1. The molecular formula is C30H29Br2N2O2+. The zero-order valence-corrected chi connectivity index (χ0v) is 24.2. The number of hydrogen-bond acceptors (Lipinski definition) is 3. The van der Waals surface area contributed by atoms with Gasteiger partial charge in [-0.1, -0.05) is 28.1 Å². The van der Waals surface area contributed by atoms with Crippen molar-refractivity contribution in [1.29, 1.82) is 0 Å². The minimum Gasteiger partial charge on any atom is -0.495 e. The number of benzene rings is 3. The highest BCUT2D eigenvalue weighted by Gasteiger charge is 2.19. The summed E-state index contributed by atoms with van der Waals surface area (Å²) < 4.78 is 15.3. The fourth-order valence-corrected chi connectivity index (χ4v) is 4.82. The van der Waals surface area contributed by atoms with Gasteiger partial charge >= 0.3 is 0 Å². The second-order valence-corrected chi connectivity index (χ2v) is 10.3. The van der Waals surface area contributed by atoms with Gasteiger partial charge in [0, 0.05) is 48.0 Å². The second-order valence-electron chi connectivity index (χ2n) is 8.63. The highest BCUT2D eigenvalue weighted by atomic mass is 79.9. The normalized spacial score (nSPS) is 11.1. The van der Waals surface area contributed by atoms with E-state index in [4.69, 9.17) is 9.47 Å². The maximum atomic E-state index is 5.61. The lowest BCUT2D eigenvalue weighted by molar-refractivity contribution is -0.662. The van der Waals surface area contributed by atoms with E-state index in [1.807, 2.05) is 26.2 Å². The Kier molecular flexibility index (Phi) is 8.17. The molecule has 0 radical (unpaired) electrons. The van der Waals surface area contributed by atoms with Crippen molar-refractivity contribution in [2.45, 2.75) is 0 Å². The van der Waals surface area contributed by atoms with E-state index in [2.05, 4.69) is 121 Å². The third-order valence-electron chi connectivity index (χ3n) is 6.12. The predicted octanol–water partition coefficient (Wildman–Crippen LogP) is 7.62. The van der Waals surface area contributed by atoms with Crippen LogP contribution in [-0.2, 0) is 7.05 Å². The molecule has 0 N–H and O–H groups in total. The molecule has 4 aromatic rings. The predicted molar refractivity (Wildman–Crippen MR) is 157 cm³/mol. The number of ether oxygens (including phenoxy) is 2. The van der Waals surface area contributed by atoms with Crippen LogP contribution in [0.1, 0.15) is 11.3 Å². The third kappa shape index (κ3) is 5.66. The molecule has 6 heteroatoms. The smallest absolute Gasteiger partial charge is 0.213 e. The lowest BCUT2D eigenvalue weighted by Gasteiger charge is -2.13. The van der Waals surface area contributed by atoms with Crippen LogP contribution in [0, 0.1) is 0 Å². The molecule has 0 aliphatic carbocycles. The molecule has 0 spiro atoms. The van der Waals surface area contributed by atoms with Crippen molar-refractivity contribution in [3.8, 4) is 33.9 Å². The van der Waals surface area contributed by atoms with E-state index in [0.717, 1.165) is 54.1 Å². The standard InChI is InChI=1S/C30H29Br2N2O2/c1-33(2)25-13-6-20(7-14-25)8-15-26-16-22(23-18-28(35-4)30(32)29(19-23)36-5)17-27(34(26)3)21-9-11-24(31)12-10-21/h6-19H,1-5H3/q+1. The summed E-state index contributed by atoms with van der Waals surface area (Å²) >= 11 is 7.14. The second kappa shape index (κ2) is 11.3. The number of aromatic nitrogens is 1. The van der Waals surface area contributed by atoms with Crippen LogP contribution >= 0.6 is 31.9 Å². The number of rotatable bonds is 7. The molecule has 36 heavy (non-hydrogen) atoms. The Balaban J connectivity index is 1.86. The van der Waals surface area contributed by atoms with E-state index < -0.39 is 0 Å². The molecular weight excluding hydrogens is 580 g/mol. The monoisotopic (exact) mass is 607 g/mol. The SMILES string of the molecule is COc1cc(-c2cc(C=Cc3ccc(N(C)C)cc3)[n+](C)c(-c3ccc(Br)cc3)c2)cc(OC)c1Br. The summed E-state index contributed by atoms with van der Waals surface area (Å²) in [4.78, 5) is 2.10. The molecule has 4 rings (SSSR count). The van der Waals surface area contributed by atoms with Crippen molar-refractivity contribution >= 4 is 49.7 Å². The summed E-state index contributed by atoms with van der Waals surface area (Å²) in [6, 6.07) is 25.4. The van der Waals surface area contributed by atoms with E-state index in [9.17, 15) is 0 Å². The summed E-state index contributed by atoms with van der Waals surface area (Å²) in [6.07, 6.45) is 4.30. The Labute approximate surface area is 230 Å². The first-order chi connectivity index (χ1) is 17.3. The minimum atomic E-state index is 0.723. The molecule has 0 atom stereocenters. The Morgan fingerprint density at radius 2 is 1.31 bits per heavy atom. The summed E-state index contributed by atoms with van der Waals surface area (Å²) in [6.45, 7) is 0. The Morgan fingerprint density at radius 3 is 1.86 bits per heavy atom. The highest BCUT2D eigenvalue weighted by molar-refractivity contribution is 9.11. The average Bonchev–Trinajstić information content (AvgIpc) is 2.89. The maximum Gasteiger partial charge on any atom is 0.213 e. The molecule has 184 valence electrons. The largest absolute Gasteiger partial charge is 0.495 e. The van der Waals surface area contributed by atoms with Crippen LogP contribution in [0.3, 0.4) is 0 Å². The van der Waals surface area contributed by atoms with Crippen LogP contribution in [0.2, 0.25) is 0 Å². The first kappa shape index (κ1) is 26.0. The molecule has 4 nitrogen and oxygen atoms in total. The molecule has 0 bridgehead atoms. The molecule has 3 aromatic carbocycles. The van der Waals surface area contributed by atoms with E-state index in [-0.39, 0.29) is 0 Å². The zero-order valence-electron chi connectivity index (χ0n) is 21.0. The first-order valence-corrected chi connectivity index (χ1v) is 13.1. The fourth-order valence-electron chi connectivity index (χ4n) is 4.01. The number of halogens is 2. The van der Waals surface area contributed by atoms with Gasteiger partial charge in [-0.2, -0.15) is 4.57 Å². The summed E-state index contributed by atoms with van der Waals surface area (Å²) in [5.74, 6) is 1.45.